The number of nitrogens with one attached hydrogen (secondary N) is 3. The Balaban J connectivity index is 0.00000264. The summed E-state index contributed by atoms with van der Waals surface area (Å²) in [5, 5.41) is 6.41. The summed E-state index contributed by atoms with van der Waals surface area (Å²) in [6, 6.07) is 3.80. The summed E-state index contributed by atoms with van der Waals surface area (Å²) in [6.45, 7) is 2.67. The molecule has 0 aliphatic heterocycles. The largest absolute Gasteiger partial charge is 0.355 e. The van der Waals surface area contributed by atoms with Crippen LogP contribution in [0.3, 0.4) is 0 Å². The second-order valence-corrected chi connectivity index (χ2v) is 8.33. The van der Waals surface area contributed by atoms with Crippen molar-refractivity contribution in [2.75, 3.05) is 20.1 Å². The lowest BCUT2D eigenvalue weighted by Crippen LogP contribution is -2.44. The Labute approximate surface area is 158 Å². The number of rotatable bonds is 6. The molecule has 0 atom stereocenters. The first-order chi connectivity index (χ1) is 10.5. The maximum absolute atomic E-state index is 12.1. The van der Waals surface area contributed by atoms with Gasteiger partial charge in [-0.25, -0.2) is 13.1 Å². The van der Waals surface area contributed by atoms with Gasteiger partial charge in [-0.05, 0) is 31.9 Å². The van der Waals surface area contributed by atoms with Gasteiger partial charge in [-0.2, -0.15) is 0 Å². The molecule has 1 aromatic rings. The van der Waals surface area contributed by atoms with Gasteiger partial charge in [0.15, 0.2) is 5.96 Å². The molecule has 0 aromatic carbocycles. The summed E-state index contributed by atoms with van der Waals surface area (Å²) in [5.74, 6) is 0.694. The number of aliphatic imine (C=N–C) groups is 1. The Morgan fingerprint density at radius 2 is 2.00 bits per heavy atom. The average molecular weight is 470 g/mol. The summed E-state index contributed by atoms with van der Waals surface area (Å²) in [7, 11) is -1.70. The molecular weight excluding hydrogens is 447 g/mol. The molecule has 0 bridgehead atoms. The molecule has 1 aliphatic carbocycles. The summed E-state index contributed by atoms with van der Waals surface area (Å²) in [4.78, 5) is 5.12. The molecule has 1 aromatic heterocycles. The van der Waals surface area contributed by atoms with E-state index in [2.05, 4.69) is 32.5 Å². The van der Waals surface area contributed by atoms with Crippen molar-refractivity contribution in [3.8, 4) is 0 Å². The highest BCUT2D eigenvalue weighted by Gasteiger charge is 2.15. The molecular formula is C14H23IN4O2S2. The van der Waals surface area contributed by atoms with E-state index in [1.807, 2.05) is 6.92 Å². The SMILES string of the molecule is CN=C(NCCNS(=O)(=O)c1ccc(C)s1)NC1CC=CC1.I. The lowest BCUT2D eigenvalue weighted by Gasteiger charge is -2.16. The van der Waals surface area contributed by atoms with Crippen molar-refractivity contribution >= 4 is 51.3 Å². The van der Waals surface area contributed by atoms with Crippen LogP contribution in [-0.4, -0.2) is 40.6 Å². The van der Waals surface area contributed by atoms with Crippen LogP contribution in [-0.2, 0) is 10.0 Å². The fourth-order valence-electron chi connectivity index (χ4n) is 2.12. The minimum Gasteiger partial charge on any atom is -0.355 e. The lowest BCUT2D eigenvalue weighted by atomic mass is 10.2. The van der Waals surface area contributed by atoms with E-state index in [0.717, 1.165) is 17.7 Å². The van der Waals surface area contributed by atoms with Gasteiger partial charge in [0, 0.05) is 31.1 Å². The van der Waals surface area contributed by atoms with Gasteiger partial charge in [0.05, 0.1) is 0 Å². The van der Waals surface area contributed by atoms with E-state index in [1.54, 1.807) is 19.2 Å². The van der Waals surface area contributed by atoms with Crippen LogP contribution >= 0.6 is 35.3 Å². The molecule has 1 aliphatic rings. The van der Waals surface area contributed by atoms with Crippen molar-refractivity contribution in [3.05, 3.63) is 29.2 Å². The highest BCUT2D eigenvalue weighted by atomic mass is 127. The normalized spacial score (nSPS) is 15.5. The average Bonchev–Trinajstić information content (AvgIpc) is 3.13. The molecule has 0 radical (unpaired) electrons. The Hall–Kier alpha value is -0.650. The number of guanidine groups is 1. The molecule has 23 heavy (non-hydrogen) atoms. The highest BCUT2D eigenvalue weighted by Crippen LogP contribution is 2.19. The Bertz CT molecular complexity index is 647. The fraction of sp³-hybridized carbons (Fsp3) is 0.500. The number of halogens is 1. The van der Waals surface area contributed by atoms with Crippen molar-refractivity contribution in [1.82, 2.24) is 15.4 Å². The van der Waals surface area contributed by atoms with Gasteiger partial charge in [-0.1, -0.05) is 12.2 Å². The monoisotopic (exact) mass is 470 g/mol. The first-order valence-corrected chi connectivity index (χ1v) is 9.49. The third kappa shape index (κ3) is 6.40. The minimum atomic E-state index is -3.41. The summed E-state index contributed by atoms with van der Waals surface area (Å²) in [6.07, 6.45) is 6.26. The first-order valence-electron chi connectivity index (χ1n) is 7.19. The van der Waals surface area contributed by atoms with Crippen LogP contribution in [0.1, 0.15) is 17.7 Å². The smallest absolute Gasteiger partial charge is 0.250 e. The van der Waals surface area contributed by atoms with Crippen LogP contribution in [0.25, 0.3) is 0 Å². The quantitative estimate of drug-likeness (QED) is 0.195. The summed E-state index contributed by atoms with van der Waals surface area (Å²) in [5.41, 5.74) is 0. The van der Waals surface area contributed by atoms with Gasteiger partial charge < -0.3 is 10.6 Å². The van der Waals surface area contributed by atoms with Crippen molar-refractivity contribution in [2.24, 2.45) is 4.99 Å². The molecule has 9 heteroatoms. The van der Waals surface area contributed by atoms with Crippen LogP contribution in [0.5, 0.6) is 0 Å². The molecule has 0 amide bonds. The molecule has 0 unspecified atom stereocenters. The molecule has 3 N–H and O–H groups in total. The van der Waals surface area contributed by atoms with Crippen LogP contribution in [0.2, 0.25) is 0 Å². The van der Waals surface area contributed by atoms with Gasteiger partial charge in [-0.3, -0.25) is 4.99 Å². The number of nitrogens with zero attached hydrogens (tertiary/aromatic N) is 1. The minimum absolute atomic E-state index is 0. The Morgan fingerprint density at radius 3 is 2.57 bits per heavy atom. The molecule has 1 heterocycles. The predicted octanol–water partition coefficient (Wildman–Crippen LogP) is 1.84. The third-order valence-electron chi connectivity index (χ3n) is 3.26. The van der Waals surface area contributed by atoms with Crippen LogP contribution in [0, 0.1) is 6.92 Å². The predicted molar refractivity (Wildman–Crippen MR) is 106 cm³/mol. The second kappa shape index (κ2) is 9.60. The van der Waals surface area contributed by atoms with E-state index in [9.17, 15) is 8.42 Å². The molecule has 0 saturated carbocycles. The molecule has 130 valence electrons. The number of sulfonamides is 1. The van der Waals surface area contributed by atoms with Gasteiger partial charge >= 0.3 is 0 Å². The van der Waals surface area contributed by atoms with E-state index >= 15 is 0 Å². The van der Waals surface area contributed by atoms with Gasteiger partial charge in [0.2, 0.25) is 10.0 Å². The molecule has 0 fully saturated rings. The van der Waals surface area contributed by atoms with Crippen molar-refractivity contribution < 1.29 is 8.42 Å². The second-order valence-electron chi connectivity index (χ2n) is 5.05. The first kappa shape index (κ1) is 20.4. The van der Waals surface area contributed by atoms with E-state index in [0.29, 0.717) is 29.3 Å². The molecule has 0 spiro atoms. The van der Waals surface area contributed by atoms with Crippen LogP contribution < -0.4 is 15.4 Å². The third-order valence-corrected chi connectivity index (χ3v) is 6.22. The van der Waals surface area contributed by atoms with Crippen LogP contribution in [0.15, 0.2) is 33.5 Å². The van der Waals surface area contributed by atoms with E-state index < -0.39 is 10.0 Å². The van der Waals surface area contributed by atoms with Gasteiger partial charge in [0.1, 0.15) is 4.21 Å². The Kier molecular flexibility index (Phi) is 8.51. The zero-order chi connectivity index (χ0) is 16.0. The standard InChI is InChI=1S/C14H22N4O2S2.HI/c1-11-7-8-13(21-11)22(19,20)17-10-9-16-14(15-2)18-12-5-3-4-6-12;/h3-4,7-8,12,17H,5-6,9-10H2,1-2H3,(H2,15,16,18);1H. The van der Waals surface area contributed by atoms with E-state index in [1.165, 1.54) is 11.3 Å². The molecule has 6 nitrogen and oxygen atoms in total. The van der Waals surface area contributed by atoms with Crippen molar-refractivity contribution in [2.45, 2.75) is 30.0 Å². The summed E-state index contributed by atoms with van der Waals surface area (Å²) >= 11 is 1.27. The topological polar surface area (TPSA) is 82.6 Å². The van der Waals surface area contributed by atoms with Gasteiger partial charge in [-0.15, -0.1) is 35.3 Å². The molecule has 0 saturated heterocycles. The zero-order valence-electron chi connectivity index (χ0n) is 13.2. The van der Waals surface area contributed by atoms with E-state index in [4.69, 9.17) is 0 Å². The van der Waals surface area contributed by atoms with E-state index in [-0.39, 0.29) is 24.0 Å². The number of hydrogen-bond acceptors (Lipinski definition) is 4. The van der Waals surface area contributed by atoms with Crippen molar-refractivity contribution in [1.29, 1.82) is 0 Å². The van der Waals surface area contributed by atoms with Crippen molar-refractivity contribution in [3.63, 3.8) is 0 Å². The zero-order valence-corrected chi connectivity index (χ0v) is 17.2. The number of thiophene rings is 1. The maximum atomic E-state index is 12.1. The fourth-order valence-corrected chi connectivity index (χ4v) is 4.48. The maximum Gasteiger partial charge on any atom is 0.250 e. The van der Waals surface area contributed by atoms with Gasteiger partial charge in [0.25, 0.3) is 0 Å². The molecule has 2 rings (SSSR count). The number of hydrogen-bond donors (Lipinski definition) is 3. The Morgan fingerprint density at radius 1 is 1.30 bits per heavy atom. The summed E-state index contributed by atoms with van der Waals surface area (Å²) < 4.78 is 27.0. The highest BCUT2D eigenvalue weighted by molar-refractivity contribution is 14.0. The number of aryl methyl sites for hydroxylation is 1. The lowest BCUT2D eigenvalue weighted by molar-refractivity contribution is 0.581. The van der Waals surface area contributed by atoms with Crippen LogP contribution in [0.4, 0.5) is 0 Å².